The lowest BCUT2D eigenvalue weighted by molar-refractivity contribution is -0.132. The highest BCUT2D eigenvalue weighted by atomic mass is 19.1. The summed E-state index contributed by atoms with van der Waals surface area (Å²) in [4.78, 5) is 40.5. The molecule has 7 nitrogen and oxygen atoms in total. The first-order valence-electron chi connectivity index (χ1n) is 9.23. The van der Waals surface area contributed by atoms with Crippen molar-refractivity contribution in [2.75, 3.05) is 44.7 Å². The first kappa shape index (κ1) is 20.3. The van der Waals surface area contributed by atoms with Gasteiger partial charge in [-0.25, -0.2) is 4.39 Å². The van der Waals surface area contributed by atoms with Crippen LogP contribution in [0.15, 0.2) is 48.5 Å². The number of ketones is 1. The van der Waals surface area contributed by atoms with Crippen LogP contribution in [-0.4, -0.2) is 62.3 Å². The van der Waals surface area contributed by atoms with Crippen LogP contribution in [0.3, 0.4) is 0 Å². The third kappa shape index (κ3) is 4.90. The van der Waals surface area contributed by atoms with Gasteiger partial charge in [-0.15, -0.1) is 0 Å². The van der Waals surface area contributed by atoms with Crippen LogP contribution in [0.4, 0.5) is 10.1 Å². The number of Topliss-reactive ketones (excluding diaryl/α,β-unsaturated/α-hetero) is 1. The molecule has 29 heavy (non-hydrogen) atoms. The molecule has 8 heteroatoms. The number of carbonyl (C=O) groups is 3. The lowest BCUT2D eigenvalue weighted by atomic mass is 10.1. The molecule has 0 atom stereocenters. The van der Waals surface area contributed by atoms with Crippen molar-refractivity contribution >= 4 is 23.3 Å². The molecule has 3 rings (SSSR count). The number of hydrogen-bond donors (Lipinski definition) is 1. The molecular formula is C21H22FN3O4. The van der Waals surface area contributed by atoms with Crippen LogP contribution in [0, 0.1) is 5.82 Å². The summed E-state index contributed by atoms with van der Waals surface area (Å²) in [6.45, 7) is 1.91. The number of carbonyl (C=O) groups excluding carboxylic acids is 3. The van der Waals surface area contributed by atoms with Gasteiger partial charge in [-0.3, -0.25) is 14.4 Å². The maximum absolute atomic E-state index is 13.0. The molecule has 2 amide bonds. The van der Waals surface area contributed by atoms with E-state index in [-0.39, 0.29) is 23.8 Å². The molecule has 152 valence electrons. The Balaban J connectivity index is 1.49. The average molecular weight is 399 g/mol. The first-order chi connectivity index (χ1) is 14.0. The lowest BCUT2D eigenvalue weighted by Gasteiger charge is -2.36. The van der Waals surface area contributed by atoms with Gasteiger partial charge in [0.25, 0.3) is 11.7 Å². The summed E-state index contributed by atoms with van der Waals surface area (Å²) in [6, 6.07) is 12.6. The first-order valence-corrected chi connectivity index (χ1v) is 9.23. The van der Waals surface area contributed by atoms with Crippen LogP contribution < -0.4 is 15.0 Å². The van der Waals surface area contributed by atoms with Gasteiger partial charge in [0, 0.05) is 31.9 Å². The second-order valence-electron chi connectivity index (χ2n) is 6.56. The molecule has 1 aliphatic heterocycles. The van der Waals surface area contributed by atoms with E-state index in [0.29, 0.717) is 31.9 Å². The molecule has 1 aliphatic rings. The number of nitrogens with one attached hydrogen (secondary N) is 1. The van der Waals surface area contributed by atoms with E-state index in [2.05, 4.69) is 10.2 Å². The van der Waals surface area contributed by atoms with E-state index in [1.165, 1.54) is 25.3 Å². The summed E-state index contributed by atoms with van der Waals surface area (Å²) in [5.74, 6) is -1.86. The summed E-state index contributed by atoms with van der Waals surface area (Å²) < 4.78 is 18.1. The molecule has 2 aromatic carbocycles. The molecule has 0 saturated carbocycles. The van der Waals surface area contributed by atoms with Crippen molar-refractivity contribution in [2.45, 2.75) is 0 Å². The highest BCUT2D eigenvalue weighted by molar-refractivity contribution is 6.43. The SMILES string of the molecule is COc1ccccc1C(=O)C(=O)NCC(=O)N1CCN(c2ccc(F)cc2)CC1. The third-order valence-electron chi connectivity index (χ3n) is 4.78. The van der Waals surface area contributed by atoms with Crippen molar-refractivity contribution in [3.63, 3.8) is 0 Å². The van der Waals surface area contributed by atoms with Crippen LogP contribution in [0.5, 0.6) is 5.75 Å². The van der Waals surface area contributed by atoms with E-state index < -0.39 is 11.7 Å². The summed E-state index contributed by atoms with van der Waals surface area (Å²) in [6.07, 6.45) is 0. The van der Waals surface area contributed by atoms with E-state index in [1.807, 2.05) is 0 Å². The molecule has 0 aromatic heterocycles. The van der Waals surface area contributed by atoms with E-state index in [4.69, 9.17) is 4.74 Å². The smallest absolute Gasteiger partial charge is 0.292 e. The predicted octanol–water partition coefficient (Wildman–Crippen LogP) is 1.48. The monoisotopic (exact) mass is 399 g/mol. The predicted molar refractivity (Wildman–Crippen MR) is 106 cm³/mol. The average Bonchev–Trinajstić information content (AvgIpc) is 2.77. The molecule has 1 fully saturated rings. The highest BCUT2D eigenvalue weighted by Gasteiger charge is 2.24. The van der Waals surface area contributed by atoms with Crippen molar-refractivity contribution in [1.29, 1.82) is 0 Å². The van der Waals surface area contributed by atoms with Gasteiger partial charge in [0.05, 0.1) is 19.2 Å². The number of anilines is 1. The Bertz CT molecular complexity index is 893. The minimum Gasteiger partial charge on any atom is -0.496 e. The van der Waals surface area contributed by atoms with E-state index in [9.17, 15) is 18.8 Å². The fourth-order valence-corrected chi connectivity index (χ4v) is 3.17. The summed E-state index contributed by atoms with van der Waals surface area (Å²) >= 11 is 0. The fraction of sp³-hybridized carbons (Fsp3) is 0.286. The van der Waals surface area contributed by atoms with Crippen molar-refractivity contribution in [2.24, 2.45) is 0 Å². The van der Waals surface area contributed by atoms with Crippen LogP contribution in [0.2, 0.25) is 0 Å². The summed E-state index contributed by atoms with van der Waals surface area (Å²) in [7, 11) is 1.42. The van der Waals surface area contributed by atoms with Gasteiger partial charge < -0.3 is 19.9 Å². The summed E-state index contributed by atoms with van der Waals surface area (Å²) in [5.41, 5.74) is 1.04. The van der Waals surface area contributed by atoms with Gasteiger partial charge in [0.2, 0.25) is 5.91 Å². The Hall–Kier alpha value is -3.42. The van der Waals surface area contributed by atoms with Crippen LogP contribution in [-0.2, 0) is 9.59 Å². The maximum Gasteiger partial charge on any atom is 0.292 e. The fourth-order valence-electron chi connectivity index (χ4n) is 3.17. The molecule has 0 unspecified atom stereocenters. The van der Waals surface area contributed by atoms with Gasteiger partial charge in [-0.1, -0.05) is 12.1 Å². The molecule has 1 saturated heterocycles. The van der Waals surface area contributed by atoms with Crippen LogP contribution in [0.25, 0.3) is 0 Å². The quantitative estimate of drug-likeness (QED) is 0.588. The summed E-state index contributed by atoms with van der Waals surface area (Å²) in [5, 5.41) is 2.39. The molecule has 0 aliphatic carbocycles. The lowest BCUT2D eigenvalue weighted by Crippen LogP contribution is -2.51. The number of para-hydroxylation sites is 1. The second kappa shape index (κ2) is 9.18. The molecule has 1 heterocycles. The van der Waals surface area contributed by atoms with Crippen molar-refractivity contribution in [1.82, 2.24) is 10.2 Å². The largest absolute Gasteiger partial charge is 0.496 e. The molecule has 2 aromatic rings. The Morgan fingerprint density at radius 1 is 1.00 bits per heavy atom. The van der Waals surface area contributed by atoms with Gasteiger partial charge in [0.1, 0.15) is 11.6 Å². The van der Waals surface area contributed by atoms with Gasteiger partial charge >= 0.3 is 0 Å². The second-order valence-corrected chi connectivity index (χ2v) is 6.56. The number of nitrogens with zero attached hydrogens (tertiary/aromatic N) is 2. The Kier molecular flexibility index (Phi) is 6.43. The van der Waals surface area contributed by atoms with E-state index in [1.54, 1.807) is 35.2 Å². The number of ether oxygens (including phenoxy) is 1. The number of piperazine rings is 1. The number of halogens is 1. The Labute approximate surface area is 168 Å². The molecule has 0 spiro atoms. The van der Waals surface area contributed by atoms with Crippen molar-refractivity contribution < 1.29 is 23.5 Å². The number of rotatable bonds is 6. The third-order valence-corrected chi connectivity index (χ3v) is 4.78. The number of hydrogen-bond acceptors (Lipinski definition) is 5. The molecular weight excluding hydrogens is 377 g/mol. The maximum atomic E-state index is 13.0. The molecule has 0 bridgehead atoms. The van der Waals surface area contributed by atoms with Crippen LogP contribution >= 0.6 is 0 Å². The van der Waals surface area contributed by atoms with Gasteiger partial charge in [-0.05, 0) is 36.4 Å². The standard InChI is InChI=1S/C21H22FN3O4/c1-29-18-5-3-2-4-17(18)20(27)21(28)23-14-19(26)25-12-10-24(11-13-25)16-8-6-15(22)7-9-16/h2-9H,10-14H2,1H3,(H,23,28). The Morgan fingerprint density at radius 2 is 1.66 bits per heavy atom. The van der Waals surface area contributed by atoms with Crippen molar-refractivity contribution in [3.05, 3.63) is 59.9 Å². The number of amides is 2. The number of benzene rings is 2. The minimum atomic E-state index is -0.854. The van der Waals surface area contributed by atoms with Crippen LogP contribution in [0.1, 0.15) is 10.4 Å². The highest BCUT2D eigenvalue weighted by Crippen LogP contribution is 2.18. The zero-order valence-corrected chi connectivity index (χ0v) is 16.1. The minimum absolute atomic E-state index is 0.146. The number of methoxy groups -OCH3 is 1. The zero-order valence-electron chi connectivity index (χ0n) is 16.1. The van der Waals surface area contributed by atoms with Crippen molar-refractivity contribution in [3.8, 4) is 5.75 Å². The van der Waals surface area contributed by atoms with Gasteiger partial charge in [-0.2, -0.15) is 0 Å². The topological polar surface area (TPSA) is 78.9 Å². The van der Waals surface area contributed by atoms with E-state index >= 15 is 0 Å². The normalized spacial score (nSPS) is 13.7. The molecule has 0 radical (unpaired) electrons. The van der Waals surface area contributed by atoms with Gasteiger partial charge in [0.15, 0.2) is 0 Å². The Morgan fingerprint density at radius 3 is 2.31 bits per heavy atom. The zero-order chi connectivity index (χ0) is 20.8. The molecule has 1 N–H and O–H groups in total. The van der Waals surface area contributed by atoms with E-state index in [0.717, 1.165) is 5.69 Å².